The van der Waals surface area contributed by atoms with Gasteiger partial charge in [-0.25, -0.2) is 17.9 Å². The molecule has 202 valence electrons. The van der Waals surface area contributed by atoms with Gasteiger partial charge in [0.1, 0.15) is 16.4 Å². The quantitative estimate of drug-likeness (QED) is 0.181. The number of carbonyl (C=O) groups excluding carboxylic acids is 1. The molecule has 1 fully saturated rings. The Morgan fingerprint density at radius 2 is 1.84 bits per heavy atom. The van der Waals surface area contributed by atoms with E-state index >= 15 is 0 Å². The van der Waals surface area contributed by atoms with Gasteiger partial charge in [-0.15, -0.1) is 0 Å². The molecular formula is C25H30Br2N2O7S. The third-order valence-corrected chi connectivity index (χ3v) is 8.35. The summed E-state index contributed by atoms with van der Waals surface area (Å²) in [6.45, 7) is 3.52. The number of carbonyl (C=O) groups is 1. The number of halogens is 2. The van der Waals surface area contributed by atoms with Crippen LogP contribution < -0.4 is 14.2 Å². The standard InChI is InChI=1S/C25H30Br2N2O7S/c1-4-34-25(30)16(2)36-28-15-17-12-20(26)24(21(27)13-17)35-19-10-11-22(33-3)23(14-19)37(31,32)29-18-8-6-5-7-9-18/h10-16,18,29H,4-9H2,1-3H3/b28-15-. The van der Waals surface area contributed by atoms with Crippen molar-refractivity contribution >= 4 is 54.1 Å². The van der Waals surface area contributed by atoms with Crippen LogP contribution in [-0.2, 0) is 24.4 Å². The highest BCUT2D eigenvalue weighted by molar-refractivity contribution is 9.11. The number of ether oxygens (including phenoxy) is 3. The number of sulfonamides is 1. The summed E-state index contributed by atoms with van der Waals surface area (Å²) in [5, 5.41) is 3.85. The summed E-state index contributed by atoms with van der Waals surface area (Å²) < 4.78 is 46.6. The van der Waals surface area contributed by atoms with Crippen LogP contribution in [0, 0.1) is 0 Å². The number of methoxy groups -OCH3 is 1. The first-order chi connectivity index (χ1) is 17.6. The number of nitrogens with zero attached hydrogens (tertiary/aromatic N) is 1. The summed E-state index contributed by atoms with van der Waals surface area (Å²) >= 11 is 6.97. The van der Waals surface area contributed by atoms with Crippen LogP contribution in [0.15, 0.2) is 49.3 Å². The summed E-state index contributed by atoms with van der Waals surface area (Å²) in [5.41, 5.74) is 0.664. The highest BCUT2D eigenvalue weighted by atomic mass is 79.9. The molecule has 0 radical (unpaired) electrons. The number of rotatable bonds is 11. The zero-order valence-electron chi connectivity index (χ0n) is 20.8. The Kier molecular flexibility index (Phi) is 10.8. The molecule has 37 heavy (non-hydrogen) atoms. The second-order valence-electron chi connectivity index (χ2n) is 8.42. The number of hydrogen-bond donors (Lipinski definition) is 1. The topological polar surface area (TPSA) is 113 Å². The first-order valence-corrected chi connectivity index (χ1v) is 14.9. The molecule has 2 aromatic rings. The smallest absolute Gasteiger partial charge is 0.349 e. The van der Waals surface area contributed by atoms with E-state index < -0.39 is 22.1 Å². The van der Waals surface area contributed by atoms with Gasteiger partial charge in [0.25, 0.3) is 0 Å². The van der Waals surface area contributed by atoms with Crippen LogP contribution in [0.1, 0.15) is 51.5 Å². The van der Waals surface area contributed by atoms with E-state index in [2.05, 4.69) is 41.7 Å². The highest BCUT2D eigenvalue weighted by Gasteiger charge is 2.26. The molecule has 0 bridgehead atoms. The Hall–Kier alpha value is -2.15. The van der Waals surface area contributed by atoms with Crippen molar-refractivity contribution in [3.05, 3.63) is 44.8 Å². The molecule has 9 nitrogen and oxygen atoms in total. The molecule has 0 amide bonds. The first-order valence-electron chi connectivity index (χ1n) is 11.9. The maximum atomic E-state index is 13.2. The Morgan fingerprint density at radius 1 is 1.16 bits per heavy atom. The molecule has 12 heteroatoms. The minimum atomic E-state index is -3.81. The monoisotopic (exact) mass is 660 g/mol. The van der Waals surface area contributed by atoms with E-state index in [0.717, 1.165) is 32.1 Å². The zero-order valence-corrected chi connectivity index (χ0v) is 24.8. The molecule has 1 aliphatic carbocycles. The van der Waals surface area contributed by atoms with Crippen molar-refractivity contribution < 1.29 is 32.3 Å². The molecule has 0 heterocycles. The van der Waals surface area contributed by atoms with E-state index in [9.17, 15) is 13.2 Å². The number of hydrogen-bond acceptors (Lipinski definition) is 8. The van der Waals surface area contributed by atoms with E-state index in [0.29, 0.717) is 26.0 Å². The first kappa shape index (κ1) is 29.4. The normalized spacial score (nSPS) is 15.4. The molecule has 0 spiro atoms. The van der Waals surface area contributed by atoms with Crippen LogP contribution in [0.4, 0.5) is 0 Å². The van der Waals surface area contributed by atoms with Gasteiger partial charge >= 0.3 is 5.97 Å². The summed E-state index contributed by atoms with van der Waals surface area (Å²) in [4.78, 5) is 16.8. The van der Waals surface area contributed by atoms with Gasteiger partial charge in [-0.2, -0.15) is 0 Å². The van der Waals surface area contributed by atoms with Crippen molar-refractivity contribution in [1.29, 1.82) is 0 Å². The lowest BCUT2D eigenvalue weighted by Gasteiger charge is -2.23. The second-order valence-corrected chi connectivity index (χ2v) is 11.8. The largest absolute Gasteiger partial charge is 0.495 e. The van der Waals surface area contributed by atoms with Crippen LogP contribution in [0.3, 0.4) is 0 Å². The van der Waals surface area contributed by atoms with E-state index in [1.165, 1.54) is 19.4 Å². The van der Waals surface area contributed by atoms with Gasteiger partial charge in [-0.3, -0.25) is 0 Å². The van der Waals surface area contributed by atoms with Gasteiger partial charge in [-0.05, 0) is 88.4 Å². The van der Waals surface area contributed by atoms with E-state index in [4.69, 9.17) is 19.0 Å². The van der Waals surface area contributed by atoms with Gasteiger partial charge < -0.3 is 19.0 Å². The Bertz CT molecular complexity index is 1210. The van der Waals surface area contributed by atoms with E-state index in [1.54, 1.807) is 38.1 Å². The van der Waals surface area contributed by atoms with Gasteiger partial charge in [0.2, 0.25) is 16.1 Å². The van der Waals surface area contributed by atoms with Crippen molar-refractivity contribution in [2.75, 3.05) is 13.7 Å². The van der Waals surface area contributed by atoms with Crippen LogP contribution in [0.5, 0.6) is 17.2 Å². The third-order valence-electron chi connectivity index (χ3n) is 5.63. The maximum absolute atomic E-state index is 13.2. The van der Waals surface area contributed by atoms with Crippen molar-refractivity contribution in [2.24, 2.45) is 5.16 Å². The van der Waals surface area contributed by atoms with Gasteiger partial charge in [0.15, 0.2) is 5.75 Å². The molecule has 0 saturated heterocycles. The summed E-state index contributed by atoms with van der Waals surface area (Å²) in [6, 6.07) is 8.05. The van der Waals surface area contributed by atoms with E-state index in [-0.39, 0.29) is 23.3 Å². The fraction of sp³-hybridized carbons (Fsp3) is 0.440. The lowest BCUT2D eigenvalue weighted by molar-refractivity contribution is -0.155. The molecule has 1 aliphatic rings. The molecule has 3 rings (SSSR count). The van der Waals surface area contributed by atoms with Gasteiger partial charge in [0, 0.05) is 12.1 Å². The maximum Gasteiger partial charge on any atom is 0.349 e. The zero-order chi connectivity index (χ0) is 27.0. The Labute approximate surface area is 234 Å². The number of benzene rings is 2. The lowest BCUT2D eigenvalue weighted by atomic mass is 9.96. The van der Waals surface area contributed by atoms with Crippen molar-refractivity contribution in [2.45, 2.75) is 63.0 Å². The third kappa shape index (κ3) is 8.17. The van der Waals surface area contributed by atoms with Crippen molar-refractivity contribution in [1.82, 2.24) is 4.72 Å². The van der Waals surface area contributed by atoms with Gasteiger partial charge in [0.05, 0.1) is 28.9 Å². The van der Waals surface area contributed by atoms with Gasteiger partial charge in [-0.1, -0.05) is 24.4 Å². The average molecular weight is 662 g/mol. The van der Waals surface area contributed by atoms with Crippen molar-refractivity contribution in [3.63, 3.8) is 0 Å². The molecule has 1 unspecified atom stereocenters. The average Bonchev–Trinajstić information content (AvgIpc) is 2.86. The summed E-state index contributed by atoms with van der Waals surface area (Å²) in [6.07, 6.45) is 5.39. The highest BCUT2D eigenvalue weighted by Crippen LogP contribution is 2.39. The minimum absolute atomic E-state index is 0.0157. The molecule has 0 aromatic heterocycles. The molecule has 0 aliphatic heterocycles. The predicted molar refractivity (Wildman–Crippen MR) is 147 cm³/mol. The predicted octanol–water partition coefficient (Wildman–Crippen LogP) is 5.93. The van der Waals surface area contributed by atoms with Crippen LogP contribution in [0.2, 0.25) is 0 Å². The summed E-state index contributed by atoms with van der Waals surface area (Å²) in [7, 11) is -2.38. The van der Waals surface area contributed by atoms with Crippen molar-refractivity contribution in [3.8, 4) is 17.2 Å². The fourth-order valence-electron chi connectivity index (χ4n) is 3.79. The van der Waals surface area contributed by atoms with Crippen LogP contribution in [0.25, 0.3) is 0 Å². The molecule has 2 aromatic carbocycles. The Balaban J connectivity index is 1.78. The Morgan fingerprint density at radius 3 is 2.46 bits per heavy atom. The number of nitrogens with one attached hydrogen (secondary N) is 1. The van der Waals surface area contributed by atoms with E-state index in [1.807, 2.05) is 0 Å². The SMILES string of the molecule is CCOC(=O)C(C)O/N=C\c1cc(Br)c(Oc2ccc(OC)c(S(=O)(=O)NC3CCCCC3)c2)c(Br)c1. The molecule has 1 saturated carbocycles. The number of oxime groups is 1. The number of esters is 1. The fourth-order valence-corrected chi connectivity index (χ4v) is 6.66. The lowest BCUT2D eigenvalue weighted by Crippen LogP contribution is -2.36. The van der Waals surface area contributed by atoms with Crippen LogP contribution >= 0.6 is 31.9 Å². The summed E-state index contributed by atoms with van der Waals surface area (Å²) in [5.74, 6) is 0.490. The second kappa shape index (κ2) is 13.6. The van der Waals surface area contributed by atoms with Crippen LogP contribution in [-0.4, -0.2) is 46.5 Å². The molecule has 1 atom stereocenters. The minimum Gasteiger partial charge on any atom is -0.495 e. The molecular weight excluding hydrogens is 632 g/mol. The molecule has 1 N–H and O–H groups in total.